The van der Waals surface area contributed by atoms with Crippen LogP contribution < -0.4 is 5.32 Å². The number of fused-ring (bicyclic) bond motifs is 1. The number of nitrogens with one attached hydrogen (secondary N) is 1. The topological polar surface area (TPSA) is 98.5 Å². The van der Waals surface area contributed by atoms with Gasteiger partial charge in [-0.1, -0.05) is 30.3 Å². The minimum atomic E-state index is -0.569. The number of rotatable bonds is 7. The number of thioether (sulfide) groups is 1. The lowest BCUT2D eigenvalue weighted by Crippen LogP contribution is -2.12. The van der Waals surface area contributed by atoms with E-state index in [0.29, 0.717) is 10.6 Å². The van der Waals surface area contributed by atoms with E-state index in [2.05, 4.69) is 5.32 Å². The average molecular weight is 410 g/mol. The van der Waals surface area contributed by atoms with E-state index in [1.54, 1.807) is 13.0 Å². The van der Waals surface area contributed by atoms with Crippen LogP contribution in [0.3, 0.4) is 0 Å². The van der Waals surface area contributed by atoms with E-state index in [-0.39, 0.29) is 23.6 Å². The summed E-state index contributed by atoms with van der Waals surface area (Å²) < 4.78 is 4.83. The molecule has 7 nitrogen and oxygen atoms in total. The molecule has 8 heteroatoms. The van der Waals surface area contributed by atoms with E-state index in [1.807, 2.05) is 36.4 Å². The van der Waals surface area contributed by atoms with Gasteiger partial charge in [-0.2, -0.15) is 0 Å². The van der Waals surface area contributed by atoms with Gasteiger partial charge in [-0.3, -0.25) is 19.7 Å². The number of carbonyl (C=O) groups excluding carboxylic acids is 2. The molecule has 3 rings (SSSR count). The number of nitro benzene ring substituents is 1. The molecule has 0 unspecified atom stereocenters. The van der Waals surface area contributed by atoms with Crippen molar-refractivity contribution in [1.82, 2.24) is 0 Å². The van der Waals surface area contributed by atoms with Crippen LogP contribution in [0.5, 0.6) is 0 Å². The highest BCUT2D eigenvalue weighted by atomic mass is 32.2. The Labute approximate surface area is 171 Å². The monoisotopic (exact) mass is 410 g/mol. The molecule has 0 fully saturated rings. The van der Waals surface area contributed by atoms with Crippen molar-refractivity contribution in [1.29, 1.82) is 0 Å². The summed E-state index contributed by atoms with van der Waals surface area (Å²) in [7, 11) is 0. The molecule has 148 valence electrons. The SMILES string of the molecule is CCOC(=O)CSc1ccc(C(=O)Nc2ccc3ccccc3c2)cc1[N+](=O)[O-]. The van der Waals surface area contributed by atoms with E-state index in [4.69, 9.17) is 4.74 Å². The van der Waals surface area contributed by atoms with Gasteiger partial charge in [-0.25, -0.2) is 0 Å². The number of carbonyl (C=O) groups is 2. The predicted molar refractivity (Wildman–Crippen MR) is 112 cm³/mol. The van der Waals surface area contributed by atoms with Crippen LogP contribution in [0.15, 0.2) is 65.6 Å². The number of amides is 1. The molecule has 0 aliphatic carbocycles. The van der Waals surface area contributed by atoms with Crippen LogP contribution in [0.25, 0.3) is 10.8 Å². The molecule has 1 amide bonds. The first-order valence-electron chi connectivity index (χ1n) is 8.85. The van der Waals surface area contributed by atoms with Crippen molar-refractivity contribution in [2.24, 2.45) is 0 Å². The van der Waals surface area contributed by atoms with Crippen LogP contribution >= 0.6 is 11.8 Å². The fourth-order valence-corrected chi connectivity index (χ4v) is 3.54. The smallest absolute Gasteiger partial charge is 0.316 e. The summed E-state index contributed by atoms with van der Waals surface area (Å²) in [5.74, 6) is -0.952. The van der Waals surface area contributed by atoms with E-state index in [1.165, 1.54) is 18.2 Å². The molecule has 0 bridgehead atoms. The van der Waals surface area contributed by atoms with E-state index in [0.717, 1.165) is 22.5 Å². The van der Waals surface area contributed by atoms with Gasteiger partial charge in [-0.05, 0) is 42.0 Å². The largest absolute Gasteiger partial charge is 0.465 e. The summed E-state index contributed by atoms with van der Waals surface area (Å²) >= 11 is 1.00. The fraction of sp³-hybridized carbons (Fsp3) is 0.143. The molecule has 29 heavy (non-hydrogen) atoms. The third kappa shape index (κ3) is 5.11. The van der Waals surface area contributed by atoms with E-state index < -0.39 is 16.8 Å². The Morgan fingerprint density at radius 3 is 2.55 bits per heavy atom. The molecule has 0 aliphatic heterocycles. The molecule has 0 aliphatic rings. The van der Waals surface area contributed by atoms with Crippen LogP contribution in [0.1, 0.15) is 17.3 Å². The van der Waals surface area contributed by atoms with Gasteiger partial charge in [0.25, 0.3) is 11.6 Å². The normalized spacial score (nSPS) is 10.5. The fourth-order valence-electron chi connectivity index (χ4n) is 2.73. The first kappa shape index (κ1) is 20.3. The van der Waals surface area contributed by atoms with Gasteiger partial charge in [0, 0.05) is 17.3 Å². The lowest BCUT2D eigenvalue weighted by molar-refractivity contribution is -0.387. The molecule has 3 aromatic carbocycles. The molecule has 3 aromatic rings. The van der Waals surface area contributed by atoms with Crippen LogP contribution in [0.4, 0.5) is 11.4 Å². The van der Waals surface area contributed by atoms with Crippen LogP contribution in [-0.2, 0) is 9.53 Å². The number of hydrogen-bond donors (Lipinski definition) is 1. The number of benzene rings is 3. The lowest BCUT2D eigenvalue weighted by atomic mass is 10.1. The first-order valence-corrected chi connectivity index (χ1v) is 9.83. The van der Waals surface area contributed by atoms with Gasteiger partial charge < -0.3 is 10.1 Å². The van der Waals surface area contributed by atoms with Gasteiger partial charge in [0.2, 0.25) is 0 Å². The lowest BCUT2D eigenvalue weighted by Gasteiger charge is -2.08. The molecule has 0 spiro atoms. The Hall–Kier alpha value is -3.39. The Balaban J connectivity index is 1.78. The van der Waals surface area contributed by atoms with Gasteiger partial charge in [0.15, 0.2) is 0 Å². The van der Waals surface area contributed by atoms with Gasteiger partial charge >= 0.3 is 5.97 Å². The molecule has 0 atom stereocenters. The van der Waals surface area contributed by atoms with Crippen molar-refractivity contribution in [2.75, 3.05) is 17.7 Å². The minimum absolute atomic E-state index is 0.0443. The maximum atomic E-state index is 12.6. The number of ether oxygens (including phenoxy) is 1. The molecule has 1 N–H and O–H groups in total. The summed E-state index contributed by atoms with van der Waals surface area (Å²) in [4.78, 5) is 35.2. The molecular formula is C21H18N2O5S. The molecule has 0 aromatic heterocycles. The number of hydrogen-bond acceptors (Lipinski definition) is 6. The summed E-state index contributed by atoms with van der Waals surface area (Å²) in [6.07, 6.45) is 0. The highest BCUT2D eigenvalue weighted by Crippen LogP contribution is 2.30. The minimum Gasteiger partial charge on any atom is -0.465 e. The third-order valence-corrected chi connectivity index (χ3v) is 5.11. The molecule has 0 saturated carbocycles. The van der Waals surface area contributed by atoms with Crippen molar-refractivity contribution >= 4 is 45.8 Å². The summed E-state index contributed by atoms with van der Waals surface area (Å²) in [5.41, 5.74) is 0.521. The first-order chi connectivity index (χ1) is 14.0. The second-order valence-electron chi connectivity index (χ2n) is 6.05. The van der Waals surface area contributed by atoms with Gasteiger partial charge in [0.05, 0.1) is 22.2 Å². The standard InChI is InChI=1S/C21H18N2O5S/c1-2-28-20(24)13-29-19-10-8-16(12-18(19)23(26)27)21(25)22-17-9-7-14-5-3-4-6-15(14)11-17/h3-12H,2,13H2,1H3,(H,22,25). The number of nitrogens with zero attached hydrogens (tertiary/aromatic N) is 1. The maximum Gasteiger partial charge on any atom is 0.316 e. The molecular weight excluding hydrogens is 392 g/mol. The molecule has 0 heterocycles. The zero-order valence-electron chi connectivity index (χ0n) is 15.6. The van der Waals surface area contributed by atoms with E-state index >= 15 is 0 Å². The van der Waals surface area contributed by atoms with Crippen molar-refractivity contribution in [2.45, 2.75) is 11.8 Å². The van der Waals surface area contributed by atoms with Gasteiger partial charge in [0.1, 0.15) is 0 Å². The van der Waals surface area contributed by atoms with Crippen LogP contribution in [0.2, 0.25) is 0 Å². The Bertz CT molecular complexity index is 1080. The summed E-state index contributed by atoms with van der Waals surface area (Å²) in [6, 6.07) is 17.4. The average Bonchev–Trinajstić information content (AvgIpc) is 2.72. The molecule has 0 saturated heterocycles. The third-order valence-electron chi connectivity index (χ3n) is 4.08. The second kappa shape index (κ2) is 9.20. The maximum absolute atomic E-state index is 12.6. The zero-order chi connectivity index (χ0) is 20.8. The number of anilines is 1. The van der Waals surface area contributed by atoms with Crippen molar-refractivity contribution in [3.8, 4) is 0 Å². The van der Waals surface area contributed by atoms with Crippen molar-refractivity contribution < 1.29 is 19.2 Å². The second-order valence-corrected chi connectivity index (χ2v) is 7.07. The highest BCUT2D eigenvalue weighted by Gasteiger charge is 2.19. The molecule has 0 radical (unpaired) electrons. The number of nitro groups is 1. The predicted octanol–water partition coefficient (Wildman–Crippen LogP) is 4.66. The summed E-state index contributed by atoms with van der Waals surface area (Å²) in [6.45, 7) is 1.93. The van der Waals surface area contributed by atoms with Crippen LogP contribution in [-0.4, -0.2) is 29.2 Å². The number of esters is 1. The Morgan fingerprint density at radius 2 is 1.83 bits per heavy atom. The van der Waals surface area contributed by atoms with Crippen molar-refractivity contribution in [3.05, 3.63) is 76.3 Å². The van der Waals surface area contributed by atoms with Crippen LogP contribution in [0, 0.1) is 10.1 Å². The summed E-state index contributed by atoms with van der Waals surface area (Å²) in [5, 5.41) is 16.2. The van der Waals surface area contributed by atoms with E-state index in [9.17, 15) is 19.7 Å². The van der Waals surface area contributed by atoms with Gasteiger partial charge in [-0.15, -0.1) is 11.8 Å². The zero-order valence-corrected chi connectivity index (χ0v) is 16.4. The Kier molecular flexibility index (Phi) is 6.46. The van der Waals surface area contributed by atoms with Crippen molar-refractivity contribution in [3.63, 3.8) is 0 Å². The highest BCUT2D eigenvalue weighted by molar-refractivity contribution is 8.00. The Morgan fingerprint density at radius 1 is 1.07 bits per heavy atom. The quantitative estimate of drug-likeness (QED) is 0.263.